The van der Waals surface area contributed by atoms with Crippen LogP contribution in [0, 0.1) is 11.7 Å². The van der Waals surface area contributed by atoms with Gasteiger partial charge in [0.2, 0.25) is 0 Å². The smallest absolute Gasteiger partial charge is 0.124 e. The van der Waals surface area contributed by atoms with Crippen LogP contribution in [0.25, 0.3) is 0 Å². The van der Waals surface area contributed by atoms with E-state index in [2.05, 4.69) is 0 Å². The zero-order valence-electron chi connectivity index (χ0n) is 9.36. The van der Waals surface area contributed by atoms with Gasteiger partial charge < -0.3 is 5.73 Å². The van der Waals surface area contributed by atoms with Crippen molar-refractivity contribution in [2.45, 2.75) is 35.8 Å². The fourth-order valence-electron chi connectivity index (χ4n) is 2.38. The van der Waals surface area contributed by atoms with E-state index in [9.17, 15) is 4.39 Å². The summed E-state index contributed by atoms with van der Waals surface area (Å²) in [5.74, 6) is 0.561. The van der Waals surface area contributed by atoms with Crippen molar-refractivity contribution in [2.75, 3.05) is 6.54 Å². The molecule has 88 valence electrons. The average molecular weight is 239 g/mol. The lowest BCUT2D eigenvalue weighted by Crippen LogP contribution is -2.24. The van der Waals surface area contributed by atoms with Crippen LogP contribution >= 0.6 is 11.8 Å². The van der Waals surface area contributed by atoms with Gasteiger partial charge in [0.1, 0.15) is 5.82 Å². The number of halogens is 1. The van der Waals surface area contributed by atoms with E-state index in [0.717, 1.165) is 10.8 Å². The van der Waals surface area contributed by atoms with Crippen molar-refractivity contribution in [1.82, 2.24) is 0 Å². The Kier molecular flexibility index (Phi) is 4.24. The molecule has 0 spiro atoms. The second-order valence-corrected chi connectivity index (χ2v) is 5.71. The third kappa shape index (κ3) is 2.98. The van der Waals surface area contributed by atoms with Gasteiger partial charge in [-0.15, -0.1) is 11.8 Å². The van der Waals surface area contributed by atoms with Crippen LogP contribution in [0.5, 0.6) is 0 Å². The van der Waals surface area contributed by atoms with E-state index in [-0.39, 0.29) is 5.82 Å². The minimum atomic E-state index is -0.160. The van der Waals surface area contributed by atoms with Crippen LogP contribution in [0.1, 0.15) is 25.7 Å². The highest BCUT2D eigenvalue weighted by Crippen LogP contribution is 2.36. The number of rotatable bonds is 4. The van der Waals surface area contributed by atoms with Crippen LogP contribution in [0.15, 0.2) is 29.2 Å². The van der Waals surface area contributed by atoms with Gasteiger partial charge in [-0.1, -0.05) is 18.9 Å². The van der Waals surface area contributed by atoms with Crippen molar-refractivity contribution < 1.29 is 4.39 Å². The van der Waals surface area contributed by atoms with E-state index in [1.54, 1.807) is 23.9 Å². The predicted molar refractivity (Wildman–Crippen MR) is 67.1 cm³/mol. The summed E-state index contributed by atoms with van der Waals surface area (Å²) < 4.78 is 13.1. The molecule has 0 saturated heterocycles. The first-order valence-electron chi connectivity index (χ1n) is 5.92. The van der Waals surface area contributed by atoms with Gasteiger partial charge in [-0.25, -0.2) is 4.39 Å². The molecule has 2 rings (SSSR count). The Morgan fingerprint density at radius 3 is 2.75 bits per heavy atom. The zero-order valence-corrected chi connectivity index (χ0v) is 10.2. The highest BCUT2D eigenvalue weighted by Gasteiger charge is 2.24. The third-order valence-electron chi connectivity index (χ3n) is 3.24. The van der Waals surface area contributed by atoms with Crippen molar-refractivity contribution >= 4 is 11.8 Å². The van der Waals surface area contributed by atoms with Gasteiger partial charge in [0.05, 0.1) is 0 Å². The van der Waals surface area contributed by atoms with Crippen LogP contribution in [0.3, 0.4) is 0 Å². The molecule has 2 N–H and O–H groups in total. The predicted octanol–water partition coefficient (Wildman–Crippen LogP) is 3.44. The molecular weight excluding hydrogens is 221 g/mol. The summed E-state index contributed by atoms with van der Waals surface area (Å²) >= 11 is 1.74. The first-order valence-corrected chi connectivity index (χ1v) is 6.80. The van der Waals surface area contributed by atoms with Gasteiger partial charge in [0.15, 0.2) is 0 Å². The fourth-order valence-corrected chi connectivity index (χ4v) is 3.63. The molecule has 1 saturated carbocycles. The Hall–Kier alpha value is -0.540. The van der Waals surface area contributed by atoms with Gasteiger partial charge in [0, 0.05) is 16.7 Å². The second kappa shape index (κ2) is 5.69. The van der Waals surface area contributed by atoms with Gasteiger partial charge in [-0.05, 0) is 37.0 Å². The van der Waals surface area contributed by atoms with Gasteiger partial charge >= 0.3 is 0 Å². The zero-order chi connectivity index (χ0) is 11.4. The van der Waals surface area contributed by atoms with Crippen LogP contribution < -0.4 is 5.73 Å². The maximum Gasteiger partial charge on any atom is 0.124 e. The Morgan fingerprint density at radius 1 is 1.38 bits per heavy atom. The van der Waals surface area contributed by atoms with E-state index >= 15 is 0 Å². The van der Waals surface area contributed by atoms with Crippen molar-refractivity contribution in [3.05, 3.63) is 30.1 Å². The van der Waals surface area contributed by atoms with Crippen molar-refractivity contribution in [2.24, 2.45) is 11.7 Å². The molecule has 3 heteroatoms. The largest absolute Gasteiger partial charge is 0.329 e. The maximum absolute atomic E-state index is 13.1. The molecule has 1 unspecified atom stereocenters. The Morgan fingerprint density at radius 2 is 2.12 bits per heavy atom. The van der Waals surface area contributed by atoms with E-state index in [0.29, 0.717) is 11.8 Å². The molecule has 0 amide bonds. The Bertz CT molecular complexity index is 336. The van der Waals surface area contributed by atoms with Crippen molar-refractivity contribution in [3.63, 3.8) is 0 Å². The molecule has 1 fully saturated rings. The molecule has 0 aliphatic heterocycles. The number of hydrogen-bond acceptors (Lipinski definition) is 2. The minimum Gasteiger partial charge on any atom is -0.329 e. The molecule has 0 bridgehead atoms. The molecular formula is C13H18FNS. The van der Waals surface area contributed by atoms with Crippen molar-refractivity contribution in [3.8, 4) is 0 Å². The number of hydrogen-bond donors (Lipinski definition) is 1. The van der Waals surface area contributed by atoms with Crippen molar-refractivity contribution in [1.29, 1.82) is 0 Å². The second-order valence-electron chi connectivity index (χ2n) is 4.39. The summed E-state index contributed by atoms with van der Waals surface area (Å²) in [6.45, 7) is 0.686. The highest BCUT2D eigenvalue weighted by atomic mass is 32.2. The average Bonchev–Trinajstić information content (AvgIpc) is 2.79. The lowest BCUT2D eigenvalue weighted by Gasteiger charge is -2.21. The summed E-state index contributed by atoms with van der Waals surface area (Å²) in [5.41, 5.74) is 5.82. The number of nitrogens with two attached hydrogens (primary N) is 1. The molecule has 0 aromatic heterocycles. The molecule has 1 atom stereocenters. The van der Waals surface area contributed by atoms with Gasteiger partial charge in [0.25, 0.3) is 0 Å². The summed E-state index contributed by atoms with van der Waals surface area (Å²) in [7, 11) is 0. The monoisotopic (exact) mass is 239 g/mol. The summed E-state index contributed by atoms with van der Waals surface area (Å²) in [6.07, 6.45) is 5.21. The molecule has 0 heterocycles. The topological polar surface area (TPSA) is 26.0 Å². The molecule has 1 aromatic rings. The first-order chi connectivity index (χ1) is 7.79. The van der Waals surface area contributed by atoms with Crippen LogP contribution in [0.4, 0.5) is 4.39 Å². The molecule has 0 radical (unpaired) electrons. The third-order valence-corrected chi connectivity index (χ3v) is 4.65. The van der Waals surface area contributed by atoms with Gasteiger partial charge in [-0.2, -0.15) is 0 Å². The van der Waals surface area contributed by atoms with E-state index in [1.807, 2.05) is 6.07 Å². The Balaban J connectivity index is 2.00. The summed E-state index contributed by atoms with van der Waals surface area (Å²) in [5, 5.41) is 0.448. The van der Waals surface area contributed by atoms with Crippen LogP contribution in [-0.2, 0) is 0 Å². The van der Waals surface area contributed by atoms with E-state index in [4.69, 9.17) is 5.73 Å². The van der Waals surface area contributed by atoms with Crippen LogP contribution in [0.2, 0.25) is 0 Å². The molecule has 16 heavy (non-hydrogen) atoms. The van der Waals surface area contributed by atoms with E-state index < -0.39 is 0 Å². The van der Waals surface area contributed by atoms with Gasteiger partial charge in [-0.3, -0.25) is 0 Å². The molecule has 1 aliphatic rings. The lowest BCUT2D eigenvalue weighted by atomic mass is 10.0. The molecule has 1 nitrogen and oxygen atoms in total. The molecule has 1 aromatic carbocycles. The lowest BCUT2D eigenvalue weighted by molar-refractivity contribution is 0.525. The maximum atomic E-state index is 13.1. The molecule has 1 aliphatic carbocycles. The number of benzene rings is 1. The fraction of sp³-hybridized carbons (Fsp3) is 0.538. The normalized spacial score (nSPS) is 18.9. The van der Waals surface area contributed by atoms with E-state index in [1.165, 1.54) is 31.7 Å². The highest BCUT2D eigenvalue weighted by molar-refractivity contribution is 8.00. The summed E-state index contributed by atoms with van der Waals surface area (Å²) in [4.78, 5) is 1.00. The summed E-state index contributed by atoms with van der Waals surface area (Å²) in [6, 6.07) is 6.81. The van der Waals surface area contributed by atoms with Crippen LogP contribution in [-0.4, -0.2) is 11.8 Å². The number of thioether (sulfide) groups is 1. The standard InChI is InChI=1S/C13H18FNS/c14-11-6-3-7-12(8-11)16-13(9-15)10-4-1-2-5-10/h3,6-8,10,13H,1-2,4-5,9,15H2. The Labute approximate surface area is 101 Å². The quantitative estimate of drug-likeness (QED) is 0.815. The minimum absolute atomic E-state index is 0.160. The first kappa shape index (κ1) is 11.9. The SMILES string of the molecule is NCC(Sc1cccc(F)c1)C1CCCC1.